The number of fused-ring (bicyclic) bond motifs is 1. The number of nitrogens with one attached hydrogen (secondary N) is 2. The molecular weight excluding hydrogens is 324 g/mol. The lowest BCUT2D eigenvalue weighted by Crippen LogP contribution is -2.26. The minimum Gasteiger partial charge on any atom is -0.486 e. The third kappa shape index (κ3) is 4.57. The van der Waals surface area contributed by atoms with Crippen LogP contribution in [0.4, 0.5) is 11.5 Å². The van der Waals surface area contributed by atoms with Gasteiger partial charge in [-0.2, -0.15) is 0 Å². The number of hydrogen-bond donors (Lipinski definition) is 2. The topological polar surface area (TPSA) is 94.6 Å². The lowest BCUT2D eigenvalue weighted by molar-refractivity contribution is 0.0943. The number of methoxy groups -OCH3 is 1. The second kappa shape index (κ2) is 8.29. The van der Waals surface area contributed by atoms with Crippen LogP contribution in [0.25, 0.3) is 0 Å². The summed E-state index contributed by atoms with van der Waals surface area (Å²) in [6, 6.07) is 7.13. The highest BCUT2D eigenvalue weighted by molar-refractivity contribution is 5.92. The molecule has 0 saturated heterocycles. The Labute approximate surface area is 145 Å². The largest absolute Gasteiger partial charge is 0.486 e. The van der Waals surface area contributed by atoms with Crippen LogP contribution in [0, 0.1) is 0 Å². The van der Waals surface area contributed by atoms with E-state index in [4.69, 9.17) is 14.2 Å². The summed E-state index contributed by atoms with van der Waals surface area (Å²) in [5, 5.41) is 5.93. The van der Waals surface area contributed by atoms with E-state index in [1.807, 2.05) is 18.2 Å². The molecule has 0 saturated carbocycles. The number of rotatable bonds is 7. The first-order valence-corrected chi connectivity index (χ1v) is 8.02. The van der Waals surface area contributed by atoms with Crippen LogP contribution < -0.4 is 20.1 Å². The first kappa shape index (κ1) is 17.0. The molecule has 3 rings (SSSR count). The fourth-order valence-corrected chi connectivity index (χ4v) is 2.33. The van der Waals surface area contributed by atoms with Crippen molar-refractivity contribution in [3.05, 3.63) is 36.3 Å². The SMILES string of the molecule is COCCCNC(=O)c1cc(Nc2ccc3c(c2)OCCO3)ncn1. The van der Waals surface area contributed by atoms with Crippen LogP contribution in [0.1, 0.15) is 16.9 Å². The first-order valence-electron chi connectivity index (χ1n) is 8.02. The van der Waals surface area contributed by atoms with Crippen LogP contribution in [0.3, 0.4) is 0 Å². The van der Waals surface area contributed by atoms with E-state index in [-0.39, 0.29) is 5.91 Å². The molecule has 8 heteroatoms. The molecule has 0 atom stereocenters. The average molecular weight is 344 g/mol. The van der Waals surface area contributed by atoms with Gasteiger partial charge in [-0.3, -0.25) is 4.79 Å². The molecule has 2 heterocycles. The first-order chi connectivity index (χ1) is 12.3. The number of nitrogens with zero attached hydrogens (tertiary/aromatic N) is 2. The zero-order valence-electron chi connectivity index (χ0n) is 13.9. The van der Waals surface area contributed by atoms with Crippen LogP contribution in [-0.4, -0.2) is 49.4 Å². The monoisotopic (exact) mass is 344 g/mol. The highest BCUT2D eigenvalue weighted by atomic mass is 16.6. The summed E-state index contributed by atoms with van der Waals surface area (Å²) in [5.74, 6) is 1.68. The molecule has 1 aromatic heterocycles. The molecule has 0 fully saturated rings. The maximum Gasteiger partial charge on any atom is 0.270 e. The summed E-state index contributed by atoms with van der Waals surface area (Å²) in [4.78, 5) is 20.3. The van der Waals surface area contributed by atoms with Crippen LogP contribution in [0.5, 0.6) is 11.5 Å². The van der Waals surface area contributed by atoms with Crippen molar-refractivity contribution in [1.82, 2.24) is 15.3 Å². The standard InChI is InChI=1S/C17H20N4O4/c1-23-6-2-5-18-17(22)13-10-16(20-11-19-13)21-12-3-4-14-15(9-12)25-8-7-24-14/h3-4,9-11H,2,5-8H2,1H3,(H,18,22)(H,19,20,21). The third-order valence-electron chi connectivity index (χ3n) is 3.53. The quantitative estimate of drug-likeness (QED) is 0.739. The third-order valence-corrected chi connectivity index (χ3v) is 3.53. The zero-order chi connectivity index (χ0) is 17.5. The van der Waals surface area contributed by atoms with Crippen LogP contribution in [-0.2, 0) is 4.74 Å². The Morgan fingerprint density at radius 2 is 2.04 bits per heavy atom. The van der Waals surface area contributed by atoms with E-state index in [9.17, 15) is 4.79 Å². The van der Waals surface area contributed by atoms with Gasteiger partial charge >= 0.3 is 0 Å². The molecule has 132 valence electrons. The Morgan fingerprint density at radius 1 is 1.20 bits per heavy atom. The summed E-state index contributed by atoms with van der Waals surface area (Å²) >= 11 is 0. The van der Waals surface area contributed by atoms with Crippen molar-refractivity contribution in [2.24, 2.45) is 0 Å². The number of aromatic nitrogens is 2. The normalized spacial score (nSPS) is 12.5. The van der Waals surface area contributed by atoms with E-state index >= 15 is 0 Å². The summed E-state index contributed by atoms with van der Waals surface area (Å²) in [6.07, 6.45) is 2.10. The average Bonchev–Trinajstić information content (AvgIpc) is 2.65. The van der Waals surface area contributed by atoms with Crippen molar-refractivity contribution >= 4 is 17.4 Å². The van der Waals surface area contributed by atoms with Crippen LogP contribution >= 0.6 is 0 Å². The van der Waals surface area contributed by atoms with Crippen molar-refractivity contribution in [1.29, 1.82) is 0 Å². The molecule has 0 spiro atoms. The van der Waals surface area contributed by atoms with Gasteiger partial charge in [0.1, 0.15) is 31.1 Å². The van der Waals surface area contributed by atoms with Gasteiger partial charge in [0.25, 0.3) is 5.91 Å². The van der Waals surface area contributed by atoms with E-state index < -0.39 is 0 Å². The highest BCUT2D eigenvalue weighted by Crippen LogP contribution is 2.33. The Balaban J connectivity index is 1.64. The molecule has 1 amide bonds. The van der Waals surface area contributed by atoms with Gasteiger partial charge in [-0.25, -0.2) is 9.97 Å². The molecule has 1 aliphatic heterocycles. The van der Waals surface area contributed by atoms with Gasteiger partial charge in [-0.05, 0) is 18.6 Å². The number of carbonyl (C=O) groups is 1. The molecule has 25 heavy (non-hydrogen) atoms. The summed E-state index contributed by atoms with van der Waals surface area (Å²) in [6.45, 7) is 2.20. The molecule has 0 unspecified atom stereocenters. The molecular formula is C17H20N4O4. The highest BCUT2D eigenvalue weighted by Gasteiger charge is 2.13. The Hall–Kier alpha value is -2.87. The number of carbonyl (C=O) groups excluding carboxylic acids is 1. The summed E-state index contributed by atoms with van der Waals surface area (Å²) in [7, 11) is 1.63. The predicted molar refractivity (Wildman–Crippen MR) is 91.6 cm³/mol. The summed E-state index contributed by atoms with van der Waals surface area (Å²) < 4.78 is 16.0. The number of anilines is 2. The van der Waals surface area contributed by atoms with Crippen molar-refractivity contribution in [3.63, 3.8) is 0 Å². The fourth-order valence-electron chi connectivity index (χ4n) is 2.33. The van der Waals surface area contributed by atoms with E-state index in [2.05, 4.69) is 20.6 Å². The van der Waals surface area contributed by atoms with Gasteiger partial charge in [0, 0.05) is 38.1 Å². The Bertz CT molecular complexity index is 738. The van der Waals surface area contributed by atoms with E-state index in [1.54, 1.807) is 13.2 Å². The lowest BCUT2D eigenvalue weighted by Gasteiger charge is -2.19. The maximum absolute atomic E-state index is 12.1. The fraction of sp³-hybridized carbons (Fsp3) is 0.353. The molecule has 8 nitrogen and oxygen atoms in total. The predicted octanol–water partition coefficient (Wildman–Crippen LogP) is 1.76. The Kier molecular flexibility index (Phi) is 5.63. The summed E-state index contributed by atoms with van der Waals surface area (Å²) in [5.41, 5.74) is 1.09. The minimum absolute atomic E-state index is 0.247. The minimum atomic E-state index is -0.247. The number of hydrogen-bond acceptors (Lipinski definition) is 7. The second-order valence-corrected chi connectivity index (χ2v) is 5.37. The van der Waals surface area contributed by atoms with Crippen molar-refractivity contribution < 1.29 is 19.0 Å². The van der Waals surface area contributed by atoms with Gasteiger partial charge < -0.3 is 24.8 Å². The van der Waals surface area contributed by atoms with Gasteiger partial charge in [-0.1, -0.05) is 0 Å². The van der Waals surface area contributed by atoms with E-state index in [0.717, 1.165) is 17.9 Å². The van der Waals surface area contributed by atoms with Gasteiger partial charge in [-0.15, -0.1) is 0 Å². The van der Waals surface area contributed by atoms with Crippen molar-refractivity contribution in [3.8, 4) is 11.5 Å². The molecule has 1 aromatic carbocycles. The molecule has 0 aliphatic carbocycles. The van der Waals surface area contributed by atoms with E-state index in [1.165, 1.54) is 6.33 Å². The van der Waals surface area contributed by atoms with Crippen LogP contribution in [0.2, 0.25) is 0 Å². The number of benzene rings is 1. The maximum atomic E-state index is 12.1. The number of ether oxygens (including phenoxy) is 3. The van der Waals surface area contributed by atoms with Gasteiger partial charge in [0.2, 0.25) is 0 Å². The Morgan fingerprint density at radius 3 is 2.88 bits per heavy atom. The van der Waals surface area contributed by atoms with E-state index in [0.29, 0.717) is 43.6 Å². The zero-order valence-corrected chi connectivity index (χ0v) is 13.9. The second-order valence-electron chi connectivity index (χ2n) is 5.37. The van der Waals surface area contributed by atoms with Crippen LogP contribution in [0.15, 0.2) is 30.6 Å². The van der Waals surface area contributed by atoms with Gasteiger partial charge in [0.05, 0.1) is 0 Å². The lowest BCUT2D eigenvalue weighted by atomic mass is 10.2. The smallest absolute Gasteiger partial charge is 0.270 e. The van der Waals surface area contributed by atoms with Crippen molar-refractivity contribution in [2.45, 2.75) is 6.42 Å². The molecule has 2 N–H and O–H groups in total. The van der Waals surface area contributed by atoms with Gasteiger partial charge in [0.15, 0.2) is 11.5 Å². The molecule has 1 aliphatic rings. The number of amides is 1. The molecule has 0 radical (unpaired) electrons. The molecule has 0 bridgehead atoms. The van der Waals surface area contributed by atoms with Crippen molar-refractivity contribution in [2.75, 3.05) is 38.8 Å². The molecule has 2 aromatic rings.